The normalized spacial score (nSPS) is 29.1. The fourth-order valence-corrected chi connectivity index (χ4v) is 8.52. The van der Waals surface area contributed by atoms with E-state index in [2.05, 4.69) is 0 Å². The minimum atomic E-state index is -1.45. The third kappa shape index (κ3) is 5.27. The lowest BCUT2D eigenvalue weighted by molar-refractivity contribution is -0.149. The highest BCUT2D eigenvalue weighted by Crippen LogP contribution is 2.59. The van der Waals surface area contributed by atoms with Gasteiger partial charge in [0.2, 0.25) is 11.8 Å². The molecule has 4 aliphatic heterocycles. The third-order valence-corrected chi connectivity index (χ3v) is 10.4. The van der Waals surface area contributed by atoms with Gasteiger partial charge in [-0.05, 0) is 68.5 Å². The van der Waals surface area contributed by atoms with Crippen LogP contribution < -0.4 is 14.5 Å². The van der Waals surface area contributed by atoms with Crippen LogP contribution in [0.4, 0.5) is 11.4 Å². The van der Waals surface area contributed by atoms with Gasteiger partial charge in [-0.2, -0.15) is 0 Å². The second kappa shape index (κ2) is 12.7. The topological polar surface area (TPSA) is 99.6 Å². The van der Waals surface area contributed by atoms with Crippen molar-refractivity contribution in [3.63, 3.8) is 0 Å². The van der Waals surface area contributed by atoms with Crippen molar-refractivity contribution < 1.29 is 29.0 Å². The molecule has 6 rings (SSSR count). The first-order valence-electron chi connectivity index (χ1n) is 16.6. The molecule has 0 bridgehead atoms. The van der Waals surface area contributed by atoms with Crippen LogP contribution in [0.1, 0.15) is 46.1 Å². The number of aryl methyl sites for hydroxylation is 1. The Kier molecular flexibility index (Phi) is 9.02. The van der Waals surface area contributed by atoms with E-state index in [1.54, 1.807) is 15.9 Å². The van der Waals surface area contributed by atoms with Gasteiger partial charge < -0.3 is 29.3 Å². The number of fused-ring (bicyclic) bond motifs is 2. The maximum Gasteiger partial charge on any atom is 0.253 e. The molecule has 0 aromatic heterocycles. The number of hydrogen-bond donors (Lipinski definition) is 1. The van der Waals surface area contributed by atoms with Gasteiger partial charge >= 0.3 is 0 Å². The zero-order chi connectivity index (χ0) is 33.7. The Morgan fingerprint density at radius 3 is 2.30 bits per heavy atom. The van der Waals surface area contributed by atoms with Crippen LogP contribution in [-0.4, -0.2) is 77.3 Å². The number of nitrogens with zero attached hydrogens (tertiary/aromatic N) is 3. The highest BCUT2D eigenvalue weighted by Gasteiger charge is 2.76. The Balaban J connectivity index is 1.50. The summed E-state index contributed by atoms with van der Waals surface area (Å²) in [5, 5.41) is 11.1. The number of halogens is 1. The standard InChI is InChI=1S/C37H44ClN3O6/c1-6-36-17-9-19-39(25-13-15-27(16-14-25)46-7-2)33(43)29(36)30-34(44)41(26(22-42)21-23(3)4)32-35(45)40(20-10-18-37(30,32)47-36)31-24(5)11-8-12-28(31)38/h8-18,23,26,29-30,32,42H,6-7,19-22H2,1-5H3/t26-,29+,30+,32?,36-,37+/m1/s1. The van der Waals surface area contributed by atoms with E-state index < -0.39 is 35.1 Å². The maximum atomic E-state index is 15.0. The number of hydrogen-bond acceptors (Lipinski definition) is 6. The smallest absolute Gasteiger partial charge is 0.253 e. The Morgan fingerprint density at radius 2 is 1.66 bits per heavy atom. The van der Waals surface area contributed by atoms with Crippen LogP contribution >= 0.6 is 11.6 Å². The first kappa shape index (κ1) is 33.2. The van der Waals surface area contributed by atoms with Crippen LogP contribution in [0.5, 0.6) is 5.75 Å². The fraction of sp³-hybridized carbons (Fsp3) is 0.486. The molecule has 0 aliphatic carbocycles. The van der Waals surface area contributed by atoms with Gasteiger partial charge in [-0.1, -0.05) is 68.8 Å². The van der Waals surface area contributed by atoms with Crippen molar-refractivity contribution >= 4 is 40.7 Å². The molecule has 10 heteroatoms. The van der Waals surface area contributed by atoms with Crippen LogP contribution in [0.15, 0.2) is 66.8 Å². The number of anilines is 2. The molecule has 0 saturated carbocycles. The molecule has 250 valence electrons. The summed E-state index contributed by atoms with van der Waals surface area (Å²) in [5.74, 6) is -2.05. The van der Waals surface area contributed by atoms with E-state index in [1.165, 1.54) is 4.90 Å². The van der Waals surface area contributed by atoms with Crippen molar-refractivity contribution in [1.29, 1.82) is 0 Å². The molecule has 4 aliphatic rings. The molecule has 2 aromatic carbocycles. The van der Waals surface area contributed by atoms with E-state index in [-0.39, 0.29) is 36.8 Å². The second-order valence-corrected chi connectivity index (χ2v) is 13.8. The molecular weight excluding hydrogens is 618 g/mol. The van der Waals surface area contributed by atoms with Gasteiger partial charge in [-0.15, -0.1) is 0 Å². The molecule has 9 nitrogen and oxygen atoms in total. The van der Waals surface area contributed by atoms with Crippen molar-refractivity contribution in [3.8, 4) is 5.75 Å². The van der Waals surface area contributed by atoms with Crippen molar-refractivity contribution in [1.82, 2.24) is 4.90 Å². The van der Waals surface area contributed by atoms with Crippen LogP contribution in [0.2, 0.25) is 5.02 Å². The van der Waals surface area contributed by atoms with Crippen LogP contribution in [0, 0.1) is 24.7 Å². The van der Waals surface area contributed by atoms with Crippen molar-refractivity contribution in [2.24, 2.45) is 17.8 Å². The molecule has 47 heavy (non-hydrogen) atoms. The largest absolute Gasteiger partial charge is 0.494 e. The molecule has 2 fully saturated rings. The summed E-state index contributed by atoms with van der Waals surface area (Å²) >= 11 is 6.70. The zero-order valence-corrected chi connectivity index (χ0v) is 28.4. The average molecular weight is 662 g/mol. The number of aliphatic hydroxyl groups is 1. The van der Waals surface area contributed by atoms with Gasteiger partial charge in [-0.3, -0.25) is 14.4 Å². The summed E-state index contributed by atoms with van der Waals surface area (Å²) in [6.07, 6.45) is 8.42. The number of likely N-dealkylation sites (tertiary alicyclic amines) is 1. The van der Waals surface area contributed by atoms with Gasteiger partial charge in [0.25, 0.3) is 5.91 Å². The molecule has 2 aromatic rings. The zero-order valence-electron chi connectivity index (χ0n) is 27.7. The van der Waals surface area contributed by atoms with Crippen molar-refractivity contribution in [3.05, 3.63) is 77.4 Å². The molecule has 1 unspecified atom stereocenters. The number of aliphatic hydroxyl groups excluding tert-OH is 1. The first-order valence-corrected chi connectivity index (χ1v) is 17.0. The highest BCUT2D eigenvalue weighted by molar-refractivity contribution is 6.34. The molecule has 6 atom stereocenters. The highest BCUT2D eigenvalue weighted by atomic mass is 35.5. The quantitative estimate of drug-likeness (QED) is 0.365. The minimum Gasteiger partial charge on any atom is -0.494 e. The molecular formula is C37H44ClN3O6. The van der Waals surface area contributed by atoms with Gasteiger partial charge in [0.05, 0.1) is 47.4 Å². The number of ether oxygens (including phenoxy) is 2. The summed E-state index contributed by atoms with van der Waals surface area (Å²) in [5.41, 5.74) is -0.526. The number of carbonyl (C=O) groups is 3. The van der Waals surface area contributed by atoms with Crippen molar-refractivity contribution in [2.75, 3.05) is 36.1 Å². The van der Waals surface area contributed by atoms with E-state index in [0.29, 0.717) is 48.1 Å². The molecule has 3 amide bonds. The Hall–Kier alpha value is -3.66. The van der Waals surface area contributed by atoms with Gasteiger partial charge in [-0.25, -0.2) is 0 Å². The van der Waals surface area contributed by atoms with Gasteiger partial charge in [0.15, 0.2) is 0 Å². The lowest BCUT2D eigenvalue weighted by atomic mass is 9.73. The SMILES string of the molecule is CCOc1ccc(N2CC=C[C@@]3(CC)O[C@]45C=CCN(c6c(C)cccc6Cl)C(=O)C4N([C@@H](CO)CC(C)C)C(=O)[C@@H]5[C@H]3C2=O)cc1. The lowest BCUT2D eigenvalue weighted by Crippen LogP contribution is -2.59. The Labute approximate surface area is 281 Å². The molecule has 0 radical (unpaired) electrons. The van der Waals surface area contributed by atoms with E-state index in [1.807, 2.05) is 95.3 Å². The minimum absolute atomic E-state index is 0.128. The summed E-state index contributed by atoms with van der Waals surface area (Å²) in [4.78, 5) is 49.7. The number of para-hydroxylation sites is 1. The Morgan fingerprint density at radius 1 is 0.957 bits per heavy atom. The number of amides is 3. The summed E-state index contributed by atoms with van der Waals surface area (Å²) < 4.78 is 12.8. The Bertz CT molecular complexity index is 1590. The summed E-state index contributed by atoms with van der Waals surface area (Å²) in [7, 11) is 0. The molecule has 1 spiro atoms. The van der Waals surface area contributed by atoms with Gasteiger partial charge in [0, 0.05) is 18.8 Å². The fourth-order valence-electron chi connectivity index (χ4n) is 8.20. The molecule has 1 N–H and O–H groups in total. The predicted molar refractivity (Wildman–Crippen MR) is 182 cm³/mol. The molecule has 2 saturated heterocycles. The third-order valence-electron chi connectivity index (χ3n) is 10.1. The second-order valence-electron chi connectivity index (χ2n) is 13.4. The predicted octanol–water partition coefficient (Wildman–Crippen LogP) is 5.32. The van der Waals surface area contributed by atoms with E-state index in [0.717, 1.165) is 5.56 Å². The van der Waals surface area contributed by atoms with Crippen molar-refractivity contribution in [2.45, 2.75) is 70.7 Å². The number of rotatable bonds is 9. The lowest BCUT2D eigenvalue weighted by Gasteiger charge is -2.41. The number of benzene rings is 2. The van der Waals surface area contributed by atoms with Crippen LogP contribution in [-0.2, 0) is 19.1 Å². The van der Waals surface area contributed by atoms with Crippen LogP contribution in [0.25, 0.3) is 0 Å². The van der Waals surface area contributed by atoms with E-state index in [9.17, 15) is 19.5 Å². The van der Waals surface area contributed by atoms with Crippen LogP contribution in [0.3, 0.4) is 0 Å². The average Bonchev–Trinajstić information content (AvgIpc) is 3.34. The van der Waals surface area contributed by atoms with E-state index in [4.69, 9.17) is 21.1 Å². The maximum absolute atomic E-state index is 15.0. The monoisotopic (exact) mass is 661 g/mol. The van der Waals surface area contributed by atoms with E-state index >= 15 is 0 Å². The summed E-state index contributed by atoms with van der Waals surface area (Å²) in [6.45, 7) is 10.5. The van der Waals surface area contributed by atoms with Gasteiger partial charge in [0.1, 0.15) is 17.4 Å². The number of carbonyl (C=O) groups excluding carboxylic acids is 3. The summed E-state index contributed by atoms with van der Waals surface area (Å²) in [6, 6.07) is 11.0. The first-order chi connectivity index (χ1) is 22.5. The molecule has 4 heterocycles.